The molecule has 31 heavy (non-hydrogen) atoms. The van der Waals surface area contributed by atoms with Gasteiger partial charge >= 0.3 is 6.18 Å². The molecule has 6 nitrogen and oxygen atoms in total. The SMILES string of the molecule is CN1CCCOc2ccc(-c3cccc(C(F)(F)F)c3)nc21.O=CNc1ccncc1. The van der Waals surface area contributed by atoms with Gasteiger partial charge in [0.2, 0.25) is 6.41 Å². The van der Waals surface area contributed by atoms with Gasteiger partial charge in [-0.05, 0) is 42.8 Å². The molecule has 1 aliphatic rings. The summed E-state index contributed by atoms with van der Waals surface area (Å²) in [5.41, 5.74) is 1.03. The van der Waals surface area contributed by atoms with E-state index in [2.05, 4.69) is 15.3 Å². The molecule has 4 rings (SSSR count). The first-order valence-electron chi connectivity index (χ1n) is 9.51. The van der Waals surface area contributed by atoms with Gasteiger partial charge in [0.15, 0.2) is 11.6 Å². The number of nitrogens with zero attached hydrogens (tertiary/aromatic N) is 3. The molecule has 1 aliphatic heterocycles. The molecule has 0 aliphatic carbocycles. The second-order valence-electron chi connectivity index (χ2n) is 6.72. The number of pyridine rings is 2. The molecule has 0 saturated heterocycles. The van der Waals surface area contributed by atoms with Crippen molar-refractivity contribution < 1.29 is 22.7 Å². The molecule has 0 fully saturated rings. The lowest BCUT2D eigenvalue weighted by molar-refractivity contribution is -0.137. The number of fused-ring (bicyclic) bond motifs is 1. The van der Waals surface area contributed by atoms with Gasteiger partial charge in [0.05, 0.1) is 17.9 Å². The van der Waals surface area contributed by atoms with Gasteiger partial charge in [-0.1, -0.05) is 12.1 Å². The molecule has 162 valence electrons. The van der Waals surface area contributed by atoms with Crippen LogP contribution in [-0.2, 0) is 11.0 Å². The van der Waals surface area contributed by atoms with Crippen molar-refractivity contribution in [3.63, 3.8) is 0 Å². The molecule has 0 spiro atoms. The maximum Gasteiger partial charge on any atom is 0.416 e. The maximum absolute atomic E-state index is 12.8. The van der Waals surface area contributed by atoms with E-state index in [1.54, 1.807) is 42.7 Å². The number of carbonyl (C=O) groups is 1. The second kappa shape index (κ2) is 9.92. The van der Waals surface area contributed by atoms with E-state index < -0.39 is 11.7 Å². The van der Waals surface area contributed by atoms with E-state index in [-0.39, 0.29) is 0 Å². The molecule has 0 saturated carbocycles. The molecule has 3 heterocycles. The molecule has 0 atom stereocenters. The molecular weight excluding hydrogens is 409 g/mol. The van der Waals surface area contributed by atoms with Crippen molar-refractivity contribution in [1.29, 1.82) is 0 Å². The Morgan fingerprint density at radius 3 is 2.61 bits per heavy atom. The number of alkyl halides is 3. The van der Waals surface area contributed by atoms with E-state index in [1.807, 2.05) is 11.9 Å². The van der Waals surface area contributed by atoms with Crippen LogP contribution >= 0.6 is 0 Å². The third-order valence-electron chi connectivity index (χ3n) is 4.49. The number of hydrogen-bond acceptors (Lipinski definition) is 5. The highest BCUT2D eigenvalue weighted by atomic mass is 19.4. The standard InChI is InChI=1S/C16H15F3N2O.C6H6N2O/c1-21-8-3-9-22-14-7-6-13(20-15(14)21)11-4-2-5-12(10-11)16(17,18)19;9-5-8-6-1-3-7-4-2-6/h2,4-7,10H,3,8-9H2,1H3;1-5H,(H,7,8,9). The first-order chi connectivity index (χ1) is 14.9. The molecule has 1 N–H and O–H groups in total. The average Bonchev–Trinajstić information content (AvgIpc) is 2.96. The Labute approximate surface area is 177 Å². The molecule has 9 heteroatoms. The van der Waals surface area contributed by atoms with E-state index in [0.717, 1.165) is 30.8 Å². The molecule has 0 bridgehead atoms. The smallest absolute Gasteiger partial charge is 0.416 e. The van der Waals surface area contributed by atoms with E-state index in [9.17, 15) is 18.0 Å². The van der Waals surface area contributed by atoms with Crippen molar-refractivity contribution in [1.82, 2.24) is 9.97 Å². The fraction of sp³-hybridized carbons (Fsp3) is 0.227. The Morgan fingerprint density at radius 1 is 1.13 bits per heavy atom. The van der Waals surface area contributed by atoms with Crippen molar-refractivity contribution >= 4 is 17.9 Å². The summed E-state index contributed by atoms with van der Waals surface area (Å²) < 4.78 is 44.1. The number of aromatic nitrogens is 2. The monoisotopic (exact) mass is 430 g/mol. The number of amides is 1. The first-order valence-corrected chi connectivity index (χ1v) is 9.51. The van der Waals surface area contributed by atoms with Gasteiger partial charge in [-0.25, -0.2) is 4.98 Å². The summed E-state index contributed by atoms with van der Waals surface area (Å²) in [6, 6.07) is 12.1. The number of anilines is 2. The summed E-state index contributed by atoms with van der Waals surface area (Å²) >= 11 is 0. The van der Waals surface area contributed by atoms with Gasteiger partial charge < -0.3 is 15.0 Å². The van der Waals surface area contributed by atoms with Gasteiger partial charge in [0.1, 0.15) is 0 Å². The van der Waals surface area contributed by atoms with Crippen molar-refractivity contribution in [2.24, 2.45) is 0 Å². The summed E-state index contributed by atoms with van der Waals surface area (Å²) in [5, 5.41) is 2.49. The lowest BCUT2D eigenvalue weighted by Crippen LogP contribution is -2.18. The zero-order chi connectivity index (χ0) is 22.3. The summed E-state index contributed by atoms with van der Waals surface area (Å²) in [6.45, 7) is 1.41. The Hall–Kier alpha value is -3.62. The van der Waals surface area contributed by atoms with Crippen molar-refractivity contribution in [2.75, 3.05) is 30.4 Å². The molecule has 2 aromatic heterocycles. The van der Waals surface area contributed by atoms with E-state index >= 15 is 0 Å². The minimum absolute atomic E-state index is 0.440. The van der Waals surface area contributed by atoms with Crippen molar-refractivity contribution in [2.45, 2.75) is 12.6 Å². The summed E-state index contributed by atoms with van der Waals surface area (Å²) in [6.07, 6.45) is 0.389. The number of rotatable bonds is 3. The Bertz CT molecular complexity index is 1010. The zero-order valence-corrected chi connectivity index (χ0v) is 16.8. The fourth-order valence-corrected chi connectivity index (χ4v) is 2.94. The third-order valence-corrected chi connectivity index (χ3v) is 4.49. The third kappa shape index (κ3) is 5.94. The van der Waals surface area contributed by atoms with Crippen LogP contribution in [0.5, 0.6) is 5.75 Å². The van der Waals surface area contributed by atoms with Gasteiger partial charge in [0.25, 0.3) is 0 Å². The Morgan fingerprint density at radius 2 is 1.90 bits per heavy atom. The van der Waals surface area contributed by atoms with Crippen LogP contribution in [0.3, 0.4) is 0 Å². The van der Waals surface area contributed by atoms with Crippen LogP contribution in [0.1, 0.15) is 12.0 Å². The second-order valence-corrected chi connectivity index (χ2v) is 6.72. The van der Waals surface area contributed by atoms with Crippen LogP contribution in [0, 0.1) is 0 Å². The predicted octanol–water partition coefficient (Wildman–Crippen LogP) is 4.64. The topological polar surface area (TPSA) is 67.3 Å². The summed E-state index contributed by atoms with van der Waals surface area (Å²) in [5.74, 6) is 1.32. The van der Waals surface area contributed by atoms with E-state index in [0.29, 0.717) is 35.8 Å². The lowest BCUT2D eigenvalue weighted by atomic mass is 10.1. The summed E-state index contributed by atoms with van der Waals surface area (Å²) in [7, 11) is 1.90. The highest BCUT2D eigenvalue weighted by molar-refractivity contribution is 5.70. The number of nitrogens with one attached hydrogen (secondary N) is 1. The molecule has 0 unspecified atom stereocenters. The van der Waals surface area contributed by atoms with Crippen LogP contribution in [-0.4, -0.2) is 36.6 Å². The minimum atomic E-state index is -4.36. The highest BCUT2D eigenvalue weighted by Crippen LogP contribution is 2.34. The molecule has 1 aromatic carbocycles. The van der Waals surface area contributed by atoms with Crippen LogP contribution in [0.15, 0.2) is 60.9 Å². The van der Waals surface area contributed by atoms with Gasteiger partial charge in [-0.2, -0.15) is 13.2 Å². The quantitative estimate of drug-likeness (QED) is 0.614. The van der Waals surface area contributed by atoms with Gasteiger partial charge in [0, 0.05) is 37.2 Å². The zero-order valence-electron chi connectivity index (χ0n) is 16.8. The molecule has 1 amide bonds. The van der Waals surface area contributed by atoms with Gasteiger partial charge in [-0.15, -0.1) is 0 Å². The van der Waals surface area contributed by atoms with E-state index in [4.69, 9.17) is 4.74 Å². The average molecular weight is 430 g/mol. The minimum Gasteiger partial charge on any atom is -0.490 e. The Kier molecular flexibility index (Phi) is 7.07. The van der Waals surface area contributed by atoms with Crippen molar-refractivity contribution in [3.05, 3.63) is 66.5 Å². The first kappa shape index (κ1) is 22.1. The number of ether oxygens (including phenoxy) is 1. The number of benzene rings is 1. The van der Waals surface area contributed by atoms with Gasteiger partial charge in [-0.3, -0.25) is 9.78 Å². The number of hydrogen-bond donors (Lipinski definition) is 1. The predicted molar refractivity (Wildman–Crippen MR) is 112 cm³/mol. The summed E-state index contributed by atoms with van der Waals surface area (Å²) in [4.78, 5) is 20.1. The molecular formula is C22H21F3N4O2. The largest absolute Gasteiger partial charge is 0.490 e. The molecule has 3 aromatic rings. The van der Waals surface area contributed by atoms with Crippen molar-refractivity contribution in [3.8, 4) is 17.0 Å². The normalized spacial score (nSPS) is 13.1. The van der Waals surface area contributed by atoms with Crippen LogP contribution in [0.2, 0.25) is 0 Å². The lowest BCUT2D eigenvalue weighted by Gasteiger charge is -2.17. The van der Waals surface area contributed by atoms with Crippen LogP contribution in [0.25, 0.3) is 11.3 Å². The van der Waals surface area contributed by atoms with E-state index in [1.165, 1.54) is 6.07 Å². The maximum atomic E-state index is 12.8. The molecule has 0 radical (unpaired) electrons. The fourth-order valence-electron chi connectivity index (χ4n) is 2.94. The van der Waals surface area contributed by atoms with Crippen LogP contribution in [0.4, 0.5) is 24.7 Å². The highest BCUT2D eigenvalue weighted by Gasteiger charge is 2.30. The number of halogens is 3. The van der Waals surface area contributed by atoms with Crippen LogP contribution < -0.4 is 15.0 Å². The Balaban J connectivity index is 0.000000254. The number of carbonyl (C=O) groups excluding carboxylic acids is 1.